The molecule has 0 bridgehead atoms. The lowest BCUT2D eigenvalue weighted by atomic mass is 10.1. The van der Waals surface area contributed by atoms with E-state index in [2.05, 4.69) is 20.8 Å². The van der Waals surface area contributed by atoms with Crippen molar-refractivity contribution in [1.82, 2.24) is 0 Å². The lowest BCUT2D eigenvalue weighted by Crippen LogP contribution is -1.84. The summed E-state index contributed by atoms with van der Waals surface area (Å²) in [5.74, 6) is 0.931. The normalized spacial score (nSPS) is 21.2. The van der Waals surface area contributed by atoms with Crippen molar-refractivity contribution in [2.45, 2.75) is 61.3 Å². The summed E-state index contributed by atoms with van der Waals surface area (Å²) in [6, 6.07) is 0. The molecule has 0 saturated heterocycles. The van der Waals surface area contributed by atoms with Crippen molar-refractivity contribution in [2.75, 3.05) is 0 Å². The third-order valence-electron chi connectivity index (χ3n) is 2.28. The highest BCUT2D eigenvalue weighted by Crippen LogP contribution is 2.32. The quantitative estimate of drug-likeness (QED) is 0.496. The summed E-state index contributed by atoms with van der Waals surface area (Å²) >= 11 is 0. The molecule has 1 aliphatic rings. The van der Waals surface area contributed by atoms with Crippen LogP contribution in [0.2, 0.25) is 0 Å². The first-order chi connectivity index (χ1) is 5.24. The topological polar surface area (TPSA) is 0 Å². The second-order valence-electron chi connectivity index (χ2n) is 3.25. The molecule has 0 spiro atoms. The minimum atomic E-state index is 0. The van der Waals surface area contributed by atoms with Crippen LogP contribution < -0.4 is 0 Å². The molecule has 0 aromatic rings. The predicted molar refractivity (Wildman–Crippen MR) is 59.5 cm³/mol. The summed E-state index contributed by atoms with van der Waals surface area (Å²) < 4.78 is 0. The van der Waals surface area contributed by atoms with Crippen LogP contribution >= 0.6 is 0 Å². The fourth-order valence-electron chi connectivity index (χ4n) is 1.78. The number of hydrogen-bond donors (Lipinski definition) is 0. The van der Waals surface area contributed by atoms with Gasteiger partial charge in [-0.2, -0.15) is 0 Å². The van der Waals surface area contributed by atoms with E-state index in [-0.39, 0.29) is 7.43 Å². The Morgan fingerprint density at radius 2 is 1.75 bits per heavy atom. The molecule has 74 valence electrons. The molecule has 0 heteroatoms. The highest BCUT2D eigenvalue weighted by molar-refractivity contribution is 5.18. The van der Waals surface area contributed by atoms with Crippen LogP contribution in [0.25, 0.3) is 0 Å². The molecule has 0 fully saturated rings. The van der Waals surface area contributed by atoms with Gasteiger partial charge in [-0.05, 0) is 32.1 Å². The van der Waals surface area contributed by atoms with Crippen molar-refractivity contribution < 1.29 is 0 Å². The summed E-state index contributed by atoms with van der Waals surface area (Å²) in [5.41, 5.74) is 3.37. The van der Waals surface area contributed by atoms with Gasteiger partial charge in [0.05, 0.1) is 0 Å². The van der Waals surface area contributed by atoms with Crippen molar-refractivity contribution in [3.63, 3.8) is 0 Å². The Labute approximate surface area is 79.1 Å². The zero-order valence-electron chi connectivity index (χ0n) is 8.70. The van der Waals surface area contributed by atoms with Gasteiger partial charge >= 0.3 is 0 Å². The third-order valence-corrected chi connectivity index (χ3v) is 2.28. The Kier molecular flexibility index (Phi) is 8.79. The minimum Gasteiger partial charge on any atom is -0.0776 e. The van der Waals surface area contributed by atoms with E-state index in [1.165, 1.54) is 19.3 Å². The molecule has 0 heterocycles. The second kappa shape index (κ2) is 7.39. The van der Waals surface area contributed by atoms with Crippen molar-refractivity contribution in [3.05, 3.63) is 11.1 Å². The average Bonchev–Trinajstić information content (AvgIpc) is 2.33. The van der Waals surface area contributed by atoms with Gasteiger partial charge in [0.25, 0.3) is 0 Å². The smallest absolute Gasteiger partial charge is 0.0289 e. The maximum atomic E-state index is 2.34. The van der Waals surface area contributed by atoms with E-state index in [1.807, 2.05) is 13.8 Å². The molecule has 0 saturated carbocycles. The number of allylic oxidation sites excluding steroid dienone is 2. The van der Waals surface area contributed by atoms with Crippen LogP contribution in [0.4, 0.5) is 0 Å². The SMILES string of the molecule is C.CC.CCC1=C(C)CC(C)C1. The van der Waals surface area contributed by atoms with Gasteiger partial charge in [0.15, 0.2) is 0 Å². The Morgan fingerprint density at radius 1 is 1.25 bits per heavy atom. The molecule has 0 aromatic heterocycles. The van der Waals surface area contributed by atoms with Gasteiger partial charge in [0.2, 0.25) is 0 Å². The first-order valence-electron chi connectivity index (χ1n) is 4.91. The van der Waals surface area contributed by atoms with Crippen molar-refractivity contribution in [2.24, 2.45) is 5.92 Å². The lowest BCUT2D eigenvalue weighted by Gasteiger charge is -1.97. The molecule has 1 rings (SSSR count). The van der Waals surface area contributed by atoms with Crippen molar-refractivity contribution in [1.29, 1.82) is 0 Å². The lowest BCUT2D eigenvalue weighted by molar-refractivity contribution is 0.615. The highest BCUT2D eigenvalue weighted by Gasteiger charge is 2.15. The van der Waals surface area contributed by atoms with E-state index in [0.717, 1.165) is 5.92 Å². The van der Waals surface area contributed by atoms with Crippen LogP contribution in [-0.4, -0.2) is 0 Å². The average molecular weight is 170 g/mol. The highest BCUT2D eigenvalue weighted by atomic mass is 14.2. The first-order valence-corrected chi connectivity index (χ1v) is 4.91. The molecule has 0 N–H and O–H groups in total. The van der Waals surface area contributed by atoms with E-state index in [1.54, 1.807) is 11.1 Å². The van der Waals surface area contributed by atoms with Crippen LogP contribution in [0.1, 0.15) is 61.3 Å². The Bertz CT molecular complexity index is 131. The molecule has 0 radical (unpaired) electrons. The molecular weight excluding hydrogens is 144 g/mol. The Morgan fingerprint density at radius 3 is 1.92 bits per heavy atom. The van der Waals surface area contributed by atoms with Crippen molar-refractivity contribution in [3.8, 4) is 0 Å². The number of hydrogen-bond acceptors (Lipinski definition) is 0. The standard InChI is InChI=1S/C9H16.C2H6.CH4/c1-4-9-6-7(2)5-8(9)3;1-2;/h7H,4-6H2,1-3H3;1-2H3;1H4. The van der Waals surface area contributed by atoms with Crippen LogP contribution in [0, 0.1) is 5.92 Å². The predicted octanol–water partition coefficient (Wildman–Crippen LogP) is 4.81. The molecule has 0 amide bonds. The number of rotatable bonds is 1. The zero-order valence-corrected chi connectivity index (χ0v) is 8.70. The molecule has 0 nitrogen and oxygen atoms in total. The molecular formula is C12H26. The van der Waals surface area contributed by atoms with Gasteiger partial charge in [-0.25, -0.2) is 0 Å². The summed E-state index contributed by atoms with van der Waals surface area (Å²) in [6.07, 6.45) is 3.99. The Hall–Kier alpha value is -0.260. The van der Waals surface area contributed by atoms with Gasteiger partial charge in [-0.1, -0.05) is 46.3 Å². The summed E-state index contributed by atoms with van der Waals surface area (Å²) in [5, 5.41) is 0. The monoisotopic (exact) mass is 170 g/mol. The van der Waals surface area contributed by atoms with E-state index in [0.29, 0.717) is 0 Å². The van der Waals surface area contributed by atoms with Gasteiger partial charge in [-0.3, -0.25) is 0 Å². The summed E-state index contributed by atoms with van der Waals surface area (Å²) in [4.78, 5) is 0. The largest absolute Gasteiger partial charge is 0.0776 e. The van der Waals surface area contributed by atoms with Gasteiger partial charge < -0.3 is 0 Å². The van der Waals surface area contributed by atoms with E-state index in [4.69, 9.17) is 0 Å². The van der Waals surface area contributed by atoms with Gasteiger partial charge in [-0.15, -0.1) is 0 Å². The molecule has 1 unspecified atom stereocenters. The summed E-state index contributed by atoms with van der Waals surface area (Å²) in [7, 11) is 0. The van der Waals surface area contributed by atoms with Gasteiger partial charge in [0, 0.05) is 0 Å². The van der Waals surface area contributed by atoms with E-state index in [9.17, 15) is 0 Å². The minimum absolute atomic E-state index is 0. The molecule has 0 aliphatic heterocycles. The van der Waals surface area contributed by atoms with Crippen LogP contribution in [0.3, 0.4) is 0 Å². The van der Waals surface area contributed by atoms with Crippen LogP contribution in [0.5, 0.6) is 0 Å². The molecule has 12 heavy (non-hydrogen) atoms. The Balaban J connectivity index is 0. The third kappa shape index (κ3) is 3.94. The van der Waals surface area contributed by atoms with Crippen LogP contribution in [-0.2, 0) is 0 Å². The zero-order chi connectivity index (χ0) is 8.85. The van der Waals surface area contributed by atoms with Crippen LogP contribution in [0.15, 0.2) is 11.1 Å². The maximum absolute atomic E-state index is 2.34. The molecule has 1 aliphatic carbocycles. The fraction of sp³-hybridized carbons (Fsp3) is 0.833. The van der Waals surface area contributed by atoms with Gasteiger partial charge in [0.1, 0.15) is 0 Å². The molecule has 0 aromatic carbocycles. The summed E-state index contributed by atoms with van der Waals surface area (Å²) in [6.45, 7) is 10.9. The fourth-order valence-corrected chi connectivity index (χ4v) is 1.78. The van der Waals surface area contributed by atoms with E-state index >= 15 is 0 Å². The molecule has 1 atom stereocenters. The van der Waals surface area contributed by atoms with E-state index < -0.39 is 0 Å². The maximum Gasteiger partial charge on any atom is -0.0289 e. The second-order valence-corrected chi connectivity index (χ2v) is 3.25. The van der Waals surface area contributed by atoms with Crippen molar-refractivity contribution >= 4 is 0 Å². The first kappa shape index (κ1) is 14.3.